The molecule has 0 unspecified atom stereocenters. The number of esters is 1. The maximum atomic E-state index is 11.1. The predicted octanol–water partition coefficient (Wildman–Crippen LogP) is 1.72. The van der Waals surface area contributed by atoms with Gasteiger partial charge in [-0.25, -0.2) is 0 Å². The third kappa shape index (κ3) is 2.80. The molecule has 0 atom stereocenters. The lowest BCUT2D eigenvalue weighted by Crippen LogP contribution is -2.08. The Hall–Kier alpha value is -1.84. The number of para-hydroxylation sites is 1. The molecule has 0 amide bonds. The Kier molecular flexibility index (Phi) is 3.85. The van der Waals surface area contributed by atoms with Crippen LogP contribution in [-0.2, 0) is 4.79 Å². The van der Waals surface area contributed by atoms with E-state index in [1.54, 1.807) is 0 Å². The fraction of sp³-hybridized carbons (Fsp3) is 0.182. The zero-order valence-corrected chi connectivity index (χ0v) is 8.10. The van der Waals surface area contributed by atoms with Gasteiger partial charge < -0.3 is 9.84 Å². The summed E-state index contributed by atoms with van der Waals surface area (Å²) in [6, 6.07) is 4.30. The largest absolute Gasteiger partial charge is 0.504 e. The van der Waals surface area contributed by atoms with Crippen LogP contribution in [0.25, 0.3) is 0 Å². The van der Waals surface area contributed by atoms with E-state index in [-0.39, 0.29) is 23.5 Å². The molecule has 0 saturated carbocycles. The summed E-state index contributed by atoms with van der Waals surface area (Å²) in [6.07, 6.45) is 1.07. The number of aldehydes is 1. The summed E-state index contributed by atoms with van der Waals surface area (Å²) in [6.45, 7) is 3.50. The topological polar surface area (TPSA) is 63.6 Å². The van der Waals surface area contributed by atoms with Gasteiger partial charge in [0.2, 0.25) is 0 Å². The van der Waals surface area contributed by atoms with Crippen molar-refractivity contribution in [2.45, 2.75) is 12.8 Å². The van der Waals surface area contributed by atoms with E-state index < -0.39 is 5.97 Å². The smallest absolute Gasteiger partial charge is 0.311 e. The summed E-state index contributed by atoms with van der Waals surface area (Å²) in [5.41, 5.74) is 0.146. The molecule has 1 radical (unpaired) electrons. The van der Waals surface area contributed by atoms with E-state index in [9.17, 15) is 14.7 Å². The van der Waals surface area contributed by atoms with Crippen molar-refractivity contribution in [1.82, 2.24) is 0 Å². The van der Waals surface area contributed by atoms with Crippen molar-refractivity contribution in [2.75, 3.05) is 0 Å². The molecule has 79 valence electrons. The SMILES string of the molecule is [CH2]CCC(=O)Oc1c(O)cccc1C=O. The molecule has 0 bridgehead atoms. The van der Waals surface area contributed by atoms with Gasteiger partial charge >= 0.3 is 5.97 Å². The van der Waals surface area contributed by atoms with E-state index in [2.05, 4.69) is 6.92 Å². The van der Waals surface area contributed by atoms with Gasteiger partial charge in [-0.05, 0) is 18.6 Å². The molecule has 1 aromatic carbocycles. The van der Waals surface area contributed by atoms with Crippen molar-refractivity contribution in [3.05, 3.63) is 30.7 Å². The Labute approximate surface area is 87.5 Å². The lowest BCUT2D eigenvalue weighted by atomic mass is 10.2. The van der Waals surface area contributed by atoms with Crippen LogP contribution < -0.4 is 4.74 Å². The molecule has 0 heterocycles. The van der Waals surface area contributed by atoms with Crippen LogP contribution in [0.5, 0.6) is 11.5 Å². The van der Waals surface area contributed by atoms with Gasteiger partial charge in [0.1, 0.15) is 0 Å². The first kappa shape index (κ1) is 11.2. The number of phenols is 1. The van der Waals surface area contributed by atoms with Crippen molar-refractivity contribution >= 4 is 12.3 Å². The second kappa shape index (κ2) is 5.14. The molecule has 0 aliphatic heterocycles. The fourth-order valence-corrected chi connectivity index (χ4v) is 1.06. The van der Waals surface area contributed by atoms with Crippen molar-refractivity contribution in [1.29, 1.82) is 0 Å². The molecule has 0 spiro atoms. The highest BCUT2D eigenvalue weighted by molar-refractivity contribution is 5.84. The second-order valence-corrected chi connectivity index (χ2v) is 2.89. The van der Waals surface area contributed by atoms with Crippen LogP contribution in [0.4, 0.5) is 0 Å². The molecule has 1 N–H and O–H groups in total. The van der Waals surface area contributed by atoms with E-state index in [1.165, 1.54) is 18.2 Å². The van der Waals surface area contributed by atoms with Gasteiger partial charge in [-0.3, -0.25) is 9.59 Å². The van der Waals surface area contributed by atoms with E-state index in [0.29, 0.717) is 12.7 Å². The van der Waals surface area contributed by atoms with Crippen LogP contribution in [0.3, 0.4) is 0 Å². The lowest BCUT2D eigenvalue weighted by Gasteiger charge is -2.07. The number of ether oxygens (including phenoxy) is 1. The Morgan fingerprint density at radius 1 is 1.53 bits per heavy atom. The number of aromatic hydroxyl groups is 1. The Bertz CT molecular complexity index is 371. The number of hydrogen-bond acceptors (Lipinski definition) is 4. The normalized spacial score (nSPS) is 9.67. The number of hydrogen-bond donors (Lipinski definition) is 1. The lowest BCUT2D eigenvalue weighted by molar-refractivity contribution is -0.134. The zero-order chi connectivity index (χ0) is 11.3. The standard InChI is InChI=1S/C11H11O4/c1-2-4-10(14)15-11-8(7-12)5-3-6-9(11)13/h3,5-7,13H,1-2,4H2. The minimum Gasteiger partial charge on any atom is -0.504 e. The number of carbonyl (C=O) groups is 2. The van der Waals surface area contributed by atoms with Crippen molar-refractivity contribution in [3.8, 4) is 11.5 Å². The number of carbonyl (C=O) groups excluding carboxylic acids is 2. The average Bonchev–Trinajstić information content (AvgIpc) is 2.21. The summed E-state index contributed by atoms with van der Waals surface area (Å²) in [7, 11) is 0. The third-order valence-electron chi connectivity index (χ3n) is 1.75. The minimum absolute atomic E-state index is 0.0917. The van der Waals surface area contributed by atoms with E-state index in [0.717, 1.165) is 0 Å². The summed E-state index contributed by atoms with van der Waals surface area (Å²) in [5, 5.41) is 9.39. The monoisotopic (exact) mass is 207 g/mol. The molecule has 0 fully saturated rings. The molecule has 4 heteroatoms. The van der Waals surface area contributed by atoms with Gasteiger partial charge in [0, 0.05) is 6.42 Å². The Morgan fingerprint density at radius 2 is 2.27 bits per heavy atom. The zero-order valence-electron chi connectivity index (χ0n) is 8.10. The Balaban J connectivity index is 2.92. The van der Waals surface area contributed by atoms with Crippen LogP contribution in [-0.4, -0.2) is 17.4 Å². The molecule has 15 heavy (non-hydrogen) atoms. The van der Waals surface area contributed by atoms with Gasteiger partial charge in [-0.1, -0.05) is 13.0 Å². The first-order valence-corrected chi connectivity index (χ1v) is 4.46. The van der Waals surface area contributed by atoms with Gasteiger partial charge in [0.25, 0.3) is 0 Å². The number of benzene rings is 1. The van der Waals surface area contributed by atoms with Gasteiger partial charge in [-0.15, -0.1) is 0 Å². The summed E-state index contributed by atoms with van der Waals surface area (Å²) in [4.78, 5) is 21.7. The summed E-state index contributed by atoms with van der Waals surface area (Å²) >= 11 is 0. The van der Waals surface area contributed by atoms with Gasteiger partial charge in [0.05, 0.1) is 5.56 Å². The fourth-order valence-electron chi connectivity index (χ4n) is 1.06. The minimum atomic E-state index is -0.519. The van der Waals surface area contributed by atoms with E-state index in [4.69, 9.17) is 4.74 Å². The van der Waals surface area contributed by atoms with Gasteiger partial charge in [-0.2, -0.15) is 0 Å². The molecular formula is C11H11O4. The molecular weight excluding hydrogens is 196 g/mol. The summed E-state index contributed by atoms with van der Waals surface area (Å²) < 4.78 is 4.85. The van der Waals surface area contributed by atoms with Crippen LogP contribution >= 0.6 is 0 Å². The first-order chi connectivity index (χ1) is 7.19. The van der Waals surface area contributed by atoms with Crippen molar-refractivity contribution in [2.24, 2.45) is 0 Å². The van der Waals surface area contributed by atoms with E-state index in [1.807, 2.05) is 0 Å². The maximum absolute atomic E-state index is 11.1. The van der Waals surface area contributed by atoms with Crippen molar-refractivity contribution < 1.29 is 19.4 Å². The molecule has 1 rings (SSSR count). The molecule has 0 saturated heterocycles. The van der Waals surface area contributed by atoms with Crippen molar-refractivity contribution in [3.63, 3.8) is 0 Å². The average molecular weight is 207 g/mol. The molecule has 0 aliphatic rings. The predicted molar refractivity (Wildman–Crippen MR) is 53.7 cm³/mol. The third-order valence-corrected chi connectivity index (χ3v) is 1.75. The highest BCUT2D eigenvalue weighted by Crippen LogP contribution is 2.29. The molecule has 0 aliphatic carbocycles. The highest BCUT2D eigenvalue weighted by atomic mass is 16.5. The van der Waals surface area contributed by atoms with Crippen LogP contribution in [0, 0.1) is 6.92 Å². The summed E-state index contributed by atoms with van der Waals surface area (Å²) in [5.74, 6) is -0.836. The quantitative estimate of drug-likeness (QED) is 0.464. The molecule has 0 aromatic heterocycles. The first-order valence-electron chi connectivity index (χ1n) is 4.46. The highest BCUT2D eigenvalue weighted by Gasteiger charge is 2.12. The maximum Gasteiger partial charge on any atom is 0.311 e. The number of rotatable bonds is 4. The Morgan fingerprint density at radius 3 is 2.87 bits per heavy atom. The van der Waals surface area contributed by atoms with E-state index >= 15 is 0 Å². The van der Waals surface area contributed by atoms with Crippen LogP contribution in [0.2, 0.25) is 0 Å². The van der Waals surface area contributed by atoms with Crippen LogP contribution in [0.15, 0.2) is 18.2 Å². The van der Waals surface area contributed by atoms with Gasteiger partial charge in [0.15, 0.2) is 17.8 Å². The number of phenolic OH excluding ortho intramolecular Hbond substituents is 1. The molecule has 1 aromatic rings. The van der Waals surface area contributed by atoms with Crippen LogP contribution in [0.1, 0.15) is 23.2 Å². The second-order valence-electron chi connectivity index (χ2n) is 2.89. The molecule has 4 nitrogen and oxygen atoms in total.